The summed E-state index contributed by atoms with van der Waals surface area (Å²) in [5.41, 5.74) is -0.460. The predicted octanol–water partition coefficient (Wildman–Crippen LogP) is 2.02. The number of carbonyl (C=O) groups excluding carboxylic acids is 1. The number of nitrogens with zero attached hydrogens (tertiary/aromatic N) is 5. The smallest absolute Gasteiger partial charge is 0.410 e. The lowest BCUT2D eigenvalue weighted by atomic mass is 10.2. The van der Waals surface area contributed by atoms with Crippen LogP contribution >= 0.6 is 24.0 Å². The van der Waals surface area contributed by atoms with E-state index in [2.05, 4.69) is 27.2 Å². The molecule has 1 saturated heterocycles. The molecular weight excluding hydrogens is 459 g/mol. The minimum absolute atomic E-state index is 0. The first-order chi connectivity index (χ1) is 12.3. The maximum atomic E-state index is 12.3. The summed E-state index contributed by atoms with van der Waals surface area (Å²) in [5, 5.41) is 7.73. The number of guanidine groups is 1. The van der Waals surface area contributed by atoms with Crippen LogP contribution in [0.15, 0.2) is 23.5 Å². The fraction of sp³-hybridized carbons (Fsp3) is 0.722. The quantitative estimate of drug-likeness (QED) is 0.654. The van der Waals surface area contributed by atoms with Crippen molar-refractivity contribution in [2.24, 2.45) is 10.9 Å². The van der Waals surface area contributed by atoms with E-state index in [9.17, 15) is 4.79 Å². The average Bonchev–Trinajstić information content (AvgIpc) is 3.20. The number of rotatable bonds is 4. The van der Waals surface area contributed by atoms with Gasteiger partial charge in [-0.1, -0.05) is 6.92 Å². The van der Waals surface area contributed by atoms with Crippen molar-refractivity contribution in [3.63, 3.8) is 0 Å². The molecule has 2 atom stereocenters. The van der Waals surface area contributed by atoms with E-state index in [1.807, 2.05) is 37.7 Å². The molecule has 0 aliphatic carbocycles. The summed E-state index contributed by atoms with van der Waals surface area (Å²) < 4.78 is 7.44. The minimum Gasteiger partial charge on any atom is -0.444 e. The normalized spacial score (nSPS) is 20.4. The van der Waals surface area contributed by atoms with E-state index < -0.39 is 5.60 Å². The van der Waals surface area contributed by atoms with E-state index in [0.29, 0.717) is 19.0 Å². The third-order valence-electron chi connectivity index (χ3n) is 4.52. The summed E-state index contributed by atoms with van der Waals surface area (Å²) in [6.45, 7) is 12.4. The lowest BCUT2D eigenvalue weighted by molar-refractivity contribution is 0.0137. The molecule has 2 aliphatic heterocycles. The van der Waals surface area contributed by atoms with Gasteiger partial charge in [-0.2, -0.15) is 5.10 Å². The topological polar surface area (TPSA) is 75.0 Å². The third-order valence-corrected chi connectivity index (χ3v) is 4.52. The Balaban J connectivity index is 0.00000261. The number of ether oxygens (including phenoxy) is 1. The Labute approximate surface area is 178 Å². The van der Waals surface area contributed by atoms with Crippen LogP contribution in [0.4, 0.5) is 4.79 Å². The number of halogens is 1. The van der Waals surface area contributed by atoms with Crippen molar-refractivity contribution < 1.29 is 9.53 Å². The molecule has 0 spiro atoms. The predicted molar refractivity (Wildman–Crippen MR) is 115 cm³/mol. The van der Waals surface area contributed by atoms with Gasteiger partial charge in [0.05, 0.1) is 12.6 Å². The number of aliphatic imine (C=N–C) groups is 1. The van der Waals surface area contributed by atoms with E-state index in [-0.39, 0.29) is 36.1 Å². The van der Waals surface area contributed by atoms with E-state index in [1.54, 1.807) is 11.1 Å². The maximum Gasteiger partial charge on any atom is 0.410 e. The first kappa shape index (κ1) is 21.8. The fourth-order valence-electron chi connectivity index (χ4n) is 3.28. The van der Waals surface area contributed by atoms with Crippen LogP contribution in [0.25, 0.3) is 0 Å². The number of nitrogens with one attached hydrogen (secondary N) is 1. The molecule has 3 heterocycles. The van der Waals surface area contributed by atoms with E-state index >= 15 is 0 Å². The summed E-state index contributed by atoms with van der Waals surface area (Å²) in [7, 11) is 0. The molecule has 8 nitrogen and oxygen atoms in total. The van der Waals surface area contributed by atoms with Crippen LogP contribution < -0.4 is 5.32 Å². The second-order valence-corrected chi connectivity index (χ2v) is 8.15. The largest absolute Gasteiger partial charge is 0.444 e. The molecule has 3 rings (SSSR count). The zero-order valence-corrected chi connectivity index (χ0v) is 18.9. The lowest BCUT2D eigenvalue weighted by Crippen LogP contribution is -2.57. The van der Waals surface area contributed by atoms with Crippen LogP contribution in [-0.2, 0) is 11.3 Å². The molecule has 27 heavy (non-hydrogen) atoms. The van der Waals surface area contributed by atoms with Gasteiger partial charge < -0.3 is 19.9 Å². The van der Waals surface area contributed by atoms with Crippen molar-refractivity contribution in [2.45, 2.75) is 45.9 Å². The summed E-state index contributed by atoms with van der Waals surface area (Å²) in [5.74, 6) is 1.39. The summed E-state index contributed by atoms with van der Waals surface area (Å²) in [6.07, 6.45) is 3.55. The number of piperazine rings is 1. The number of carbonyl (C=O) groups is 1. The second-order valence-electron chi connectivity index (χ2n) is 8.15. The first-order valence-corrected chi connectivity index (χ1v) is 9.32. The summed E-state index contributed by atoms with van der Waals surface area (Å²) >= 11 is 0. The maximum absolute atomic E-state index is 12.3. The number of fused-ring (bicyclic) bond motifs is 1. The number of amides is 1. The molecule has 2 aliphatic rings. The third kappa shape index (κ3) is 5.98. The van der Waals surface area contributed by atoms with Crippen LogP contribution in [0.3, 0.4) is 0 Å². The van der Waals surface area contributed by atoms with E-state index in [1.165, 1.54) is 0 Å². The van der Waals surface area contributed by atoms with Crippen LogP contribution in [0.2, 0.25) is 0 Å². The lowest BCUT2D eigenvalue weighted by Gasteiger charge is -2.39. The van der Waals surface area contributed by atoms with Gasteiger partial charge in [0.25, 0.3) is 0 Å². The number of hydrogen-bond donors (Lipinski definition) is 1. The zero-order valence-electron chi connectivity index (χ0n) is 16.6. The van der Waals surface area contributed by atoms with Gasteiger partial charge in [-0.05, 0) is 32.8 Å². The van der Waals surface area contributed by atoms with Crippen molar-refractivity contribution in [2.75, 3.05) is 32.7 Å². The Kier molecular flexibility index (Phi) is 7.35. The van der Waals surface area contributed by atoms with Crippen LogP contribution in [0.1, 0.15) is 27.7 Å². The molecule has 0 saturated carbocycles. The highest BCUT2D eigenvalue weighted by Gasteiger charge is 2.36. The minimum atomic E-state index is -0.460. The Morgan fingerprint density at radius 3 is 2.85 bits per heavy atom. The van der Waals surface area contributed by atoms with Gasteiger partial charge >= 0.3 is 6.09 Å². The number of aromatic nitrogens is 2. The standard InChI is InChI=1S/C18H30N6O2.HI/c1-14(12-23-7-5-6-21-23)10-19-16-20-11-15-13-22(8-9-24(15)16)17(25)26-18(2,3)4;/h5-7,14-15H,8-13H2,1-4H3,(H,19,20);1H. The highest BCUT2D eigenvalue weighted by Crippen LogP contribution is 2.18. The molecule has 1 N–H and O–H groups in total. The van der Waals surface area contributed by atoms with Gasteiger partial charge in [0.1, 0.15) is 5.60 Å². The zero-order chi connectivity index (χ0) is 18.7. The Morgan fingerprint density at radius 2 is 2.19 bits per heavy atom. The fourth-order valence-corrected chi connectivity index (χ4v) is 3.28. The van der Waals surface area contributed by atoms with Crippen molar-refractivity contribution in [1.82, 2.24) is 24.9 Å². The second kappa shape index (κ2) is 9.11. The molecule has 1 aromatic heterocycles. The Bertz CT molecular complexity index is 643. The van der Waals surface area contributed by atoms with Gasteiger partial charge in [0, 0.05) is 45.1 Å². The van der Waals surface area contributed by atoms with Crippen molar-refractivity contribution in [1.29, 1.82) is 0 Å². The van der Waals surface area contributed by atoms with Gasteiger partial charge in [0.2, 0.25) is 0 Å². The van der Waals surface area contributed by atoms with E-state index in [4.69, 9.17) is 4.74 Å². The van der Waals surface area contributed by atoms with Crippen molar-refractivity contribution >= 4 is 36.0 Å². The van der Waals surface area contributed by atoms with Crippen LogP contribution in [0, 0.1) is 5.92 Å². The van der Waals surface area contributed by atoms with Crippen LogP contribution in [-0.4, -0.2) is 76.0 Å². The molecular formula is C18H31IN6O2. The average molecular weight is 490 g/mol. The molecule has 2 unspecified atom stereocenters. The van der Waals surface area contributed by atoms with Gasteiger partial charge in [0.15, 0.2) is 5.96 Å². The molecule has 9 heteroatoms. The molecule has 0 bridgehead atoms. The monoisotopic (exact) mass is 490 g/mol. The van der Waals surface area contributed by atoms with Crippen LogP contribution in [0.5, 0.6) is 0 Å². The number of hydrogen-bond acceptors (Lipinski definition) is 6. The van der Waals surface area contributed by atoms with Crippen molar-refractivity contribution in [3.8, 4) is 0 Å². The summed E-state index contributed by atoms with van der Waals surface area (Å²) in [4.78, 5) is 21.0. The van der Waals surface area contributed by atoms with E-state index in [0.717, 1.165) is 32.1 Å². The molecule has 0 aromatic carbocycles. The first-order valence-electron chi connectivity index (χ1n) is 9.32. The SMILES string of the molecule is CC(CNC1=NCC2CN(C(=O)OC(C)(C)C)CCN12)Cn1cccn1.I. The molecule has 1 fully saturated rings. The van der Waals surface area contributed by atoms with Gasteiger partial charge in [-0.3, -0.25) is 9.67 Å². The molecule has 1 aromatic rings. The summed E-state index contributed by atoms with van der Waals surface area (Å²) in [6, 6.07) is 2.18. The van der Waals surface area contributed by atoms with Gasteiger partial charge in [-0.25, -0.2) is 4.79 Å². The Morgan fingerprint density at radius 1 is 1.41 bits per heavy atom. The molecule has 0 radical (unpaired) electrons. The van der Waals surface area contributed by atoms with Gasteiger partial charge in [-0.15, -0.1) is 24.0 Å². The molecule has 1 amide bonds. The highest BCUT2D eigenvalue weighted by molar-refractivity contribution is 14.0. The molecule has 152 valence electrons. The van der Waals surface area contributed by atoms with Crippen molar-refractivity contribution in [3.05, 3.63) is 18.5 Å². The Hall–Kier alpha value is -1.52. The highest BCUT2D eigenvalue weighted by atomic mass is 127.